The summed E-state index contributed by atoms with van der Waals surface area (Å²) >= 11 is 0. The number of nitrogens with one attached hydrogen (secondary N) is 1. The third kappa shape index (κ3) is 3.45. The van der Waals surface area contributed by atoms with Crippen LogP contribution in [0.3, 0.4) is 0 Å². The van der Waals surface area contributed by atoms with Gasteiger partial charge in [0, 0.05) is 11.9 Å². The lowest BCUT2D eigenvalue weighted by Crippen LogP contribution is -2.14. The van der Waals surface area contributed by atoms with Crippen molar-refractivity contribution >= 4 is 11.7 Å². The normalized spacial score (nSPS) is 11.1. The Morgan fingerprint density at radius 1 is 1.53 bits per heavy atom. The van der Waals surface area contributed by atoms with Crippen molar-refractivity contribution in [2.75, 3.05) is 11.9 Å². The van der Waals surface area contributed by atoms with Crippen LogP contribution in [-0.4, -0.2) is 22.6 Å². The maximum Gasteiger partial charge on any atom is 0.433 e. The summed E-state index contributed by atoms with van der Waals surface area (Å²) in [6.45, 7) is -0.443. The molecule has 4 nitrogen and oxygen atoms in total. The van der Waals surface area contributed by atoms with E-state index in [0.29, 0.717) is 0 Å². The molecule has 82 valence electrons. The zero-order valence-corrected chi connectivity index (χ0v) is 7.38. The largest absolute Gasteiger partial charge is 0.480 e. The van der Waals surface area contributed by atoms with Crippen LogP contribution in [0.1, 0.15) is 5.69 Å². The van der Waals surface area contributed by atoms with Gasteiger partial charge < -0.3 is 10.4 Å². The van der Waals surface area contributed by atoms with Gasteiger partial charge in [-0.3, -0.25) is 9.78 Å². The summed E-state index contributed by atoms with van der Waals surface area (Å²) in [5, 5.41) is 10.6. The van der Waals surface area contributed by atoms with Crippen molar-refractivity contribution in [2.45, 2.75) is 6.18 Å². The van der Waals surface area contributed by atoms with E-state index in [1.165, 1.54) is 6.07 Å². The topological polar surface area (TPSA) is 62.2 Å². The van der Waals surface area contributed by atoms with Crippen molar-refractivity contribution in [3.05, 3.63) is 24.0 Å². The first kappa shape index (κ1) is 11.3. The van der Waals surface area contributed by atoms with E-state index < -0.39 is 24.4 Å². The third-order valence-corrected chi connectivity index (χ3v) is 1.49. The lowest BCUT2D eigenvalue weighted by Gasteiger charge is -2.08. The van der Waals surface area contributed by atoms with Gasteiger partial charge in [-0.1, -0.05) is 0 Å². The van der Waals surface area contributed by atoms with Crippen LogP contribution >= 0.6 is 0 Å². The molecule has 7 heteroatoms. The highest BCUT2D eigenvalue weighted by atomic mass is 19.4. The van der Waals surface area contributed by atoms with Gasteiger partial charge in [0.05, 0.1) is 0 Å². The molecule has 1 aromatic heterocycles. The van der Waals surface area contributed by atoms with Crippen LogP contribution in [0.4, 0.5) is 18.9 Å². The Hall–Kier alpha value is -1.79. The van der Waals surface area contributed by atoms with Gasteiger partial charge in [-0.2, -0.15) is 13.2 Å². The smallest absolute Gasteiger partial charge is 0.433 e. The molecular weight excluding hydrogens is 213 g/mol. The minimum atomic E-state index is -4.53. The Morgan fingerprint density at radius 2 is 2.20 bits per heavy atom. The predicted molar refractivity (Wildman–Crippen MR) is 45.4 cm³/mol. The number of anilines is 1. The maximum atomic E-state index is 12.2. The van der Waals surface area contributed by atoms with Crippen LogP contribution in [0.15, 0.2) is 18.3 Å². The number of halogens is 3. The van der Waals surface area contributed by atoms with Crippen molar-refractivity contribution in [2.24, 2.45) is 0 Å². The average Bonchev–Trinajstić information content (AvgIpc) is 2.14. The van der Waals surface area contributed by atoms with E-state index >= 15 is 0 Å². The molecule has 0 saturated heterocycles. The van der Waals surface area contributed by atoms with Crippen LogP contribution in [-0.2, 0) is 11.0 Å². The van der Waals surface area contributed by atoms with E-state index in [-0.39, 0.29) is 5.69 Å². The second kappa shape index (κ2) is 4.16. The standard InChI is InChI=1S/C8H7F3N2O2/c9-8(10,11)6-3-5(1-2-12-6)13-4-7(14)15/h1-3H,4H2,(H,12,13)(H,14,15). The first-order valence-corrected chi connectivity index (χ1v) is 3.88. The molecule has 0 fully saturated rings. The van der Waals surface area contributed by atoms with E-state index in [9.17, 15) is 18.0 Å². The second-order valence-corrected chi connectivity index (χ2v) is 2.67. The van der Waals surface area contributed by atoms with E-state index in [4.69, 9.17) is 5.11 Å². The van der Waals surface area contributed by atoms with Gasteiger partial charge in [0.25, 0.3) is 0 Å². The highest BCUT2D eigenvalue weighted by Gasteiger charge is 2.32. The van der Waals surface area contributed by atoms with Gasteiger partial charge in [0.1, 0.15) is 12.2 Å². The Kier molecular flexibility index (Phi) is 3.13. The molecule has 1 aromatic rings. The molecule has 0 aliphatic heterocycles. The fraction of sp³-hybridized carbons (Fsp3) is 0.250. The van der Waals surface area contributed by atoms with Gasteiger partial charge in [-0.15, -0.1) is 0 Å². The number of rotatable bonds is 3. The summed E-state index contributed by atoms with van der Waals surface area (Å²) < 4.78 is 36.5. The number of carboxylic acid groups (broad SMARTS) is 1. The molecule has 0 aromatic carbocycles. The Morgan fingerprint density at radius 3 is 2.73 bits per heavy atom. The number of nitrogens with zero attached hydrogens (tertiary/aromatic N) is 1. The molecule has 15 heavy (non-hydrogen) atoms. The molecule has 1 heterocycles. The van der Waals surface area contributed by atoms with E-state index in [0.717, 1.165) is 12.3 Å². The molecule has 2 N–H and O–H groups in total. The van der Waals surface area contributed by atoms with Gasteiger partial charge in [-0.05, 0) is 12.1 Å². The number of aromatic nitrogens is 1. The molecule has 0 spiro atoms. The summed E-state index contributed by atoms with van der Waals surface area (Å²) in [6.07, 6.45) is -3.56. The second-order valence-electron chi connectivity index (χ2n) is 2.67. The van der Waals surface area contributed by atoms with Gasteiger partial charge >= 0.3 is 12.1 Å². The Balaban J connectivity index is 2.79. The highest BCUT2D eigenvalue weighted by molar-refractivity contribution is 5.72. The zero-order valence-electron chi connectivity index (χ0n) is 7.38. The van der Waals surface area contributed by atoms with Crippen LogP contribution in [0.25, 0.3) is 0 Å². The van der Waals surface area contributed by atoms with Crippen molar-refractivity contribution < 1.29 is 23.1 Å². The molecule has 0 unspecified atom stereocenters. The fourth-order valence-electron chi connectivity index (χ4n) is 0.873. The fourth-order valence-corrected chi connectivity index (χ4v) is 0.873. The molecule has 0 aliphatic carbocycles. The molecule has 0 aliphatic rings. The van der Waals surface area contributed by atoms with Gasteiger partial charge in [0.2, 0.25) is 0 Å². The maximum absolute atomic E-state index is 12.2. The van der Waals surface area contributed by atoms with Crippen LogP contribution < -0.4 is 5.32 Å². The quantitative estimate of drug-likeness (QED) is 0.812. The lowest BCUT2D eigenvalue weighted by atomic mass is 10.3. The first-order chi connectivity index (χ1) is 6.89. The number of carbonyl (C=O) groups is 1. The van der Waals surface area contributed by atoms with Crippen molar-refractivity contribution in [1.29, 1.82) is 0 Å². The summed E-state index contributed by atoms with van der Waals surface area (Å²) in [5.41, 5.74) is -0.988. The number of hydrogen-bond acceptors (Lipinski definition) is 3. The number of alkyl halides is 3. The highest BCUT2D eigenvalue weighted by Crippen LogP contribution is 2.28. The van der Waals surface area contributed by atoms with E-state index in [1.54, 1.807) is 0 Å². The van der Waals surface area contributed by atoms with Gasteiger partial charge in [-0.25, -0.2) is 0 Å². The third-order valence-electron chi connectivity index (χ3n) is 1.49. The first-order valence-electron chi connectivity index (χ1n) is 3.88. The minimum Gasteiger partial charge on any atom is -0.480 e. The molecule has 0 atom stereocenters. The van der Waals surface area contributed by atoms with Crippen LogP contribution in [0, 0.1) is 0 Å². The SMILES string of the molecule is O=C(O)CNc1ccnc(C(F)(F)F)c1. The predicted octanol–water partition coefficient (Wildman–Crippen LogP) is 1.60. The average molecular weight is 220 g/mol. The number of aliphatic carboxylic acids is 1. The van der Waals surface area contributed by atoms with Crippen LogP contribution in [0.2, 0.25) is 0 Å². The molecule has 0 radical (unpaired) electrons. The van der Waals surface area contributed by atoms with Crippen molar-refractivity contribution in [3.8, 4) is 0 Å². The molecular formula is C8H7F3N2O2. The molecule has 1 rings (SSSR count). The Labute approximate surface area is 82.7 Å². The summed E-state index contributed by atoms with van der Waals surface area (Å²) in [7, 11) is 0. The number of hydrogen-bond donors (Lipinski definition) is 2. The Bertz CT molecular complexity index is 365. The summed E-state index contributed by atoms with van der Waals surface area (Å²) in [4.78, 5) is 13.3. The molecule has 0 saturated carbocycles. The van der Waals surface area contributed by atoms with Crippen LogP contribution in [0.5, 0.6) is 0 Å². The number of carboxylic acids is 1. The van der Waals surface area contributed by atoms with Crippen molar-refractivity contribution in [1.82, 2.24) is 4.98 Å². The summed E-state index contributed by atoms with van der Waals surface area (Å²) in [6, 6.07) is 2.02. The summed E-state index contributed by atoms with van der Waals surface area (Å²) in [5.74, 6) is -1.15. The molecule has 0 bridgehead atoms. The lowest BCUT2D eigenvalue weighted by molar-refractivity contribution is -0.141. The minimum absolute atomic E-state index is 0.0692. The monoisotopic (exact) mass is 220 g/mol. The molecule has 0 amide bonds. The van der Waals surface area contributed by atoms with Gasteiger partial charge in [0.15, 0.2) is 0 Å². The van der Waals surface area contributed by atoms with E-state index in [1.807, 2.05) is 0 Å². The zero-order chi connectivity index (χ0) is 11.5. The number of pyridine rings is 1. The van der Waals surface area contributed by atoms with E-state index in [2.05, 4.69) is 10.3 Å². The van der Waals surface area contributed by atoms with Crippen molar-refractivity contribution in [3.63, 3.8) is 0 Å².